The quantitative estimate of drug-likeness (QED) is 0.743. The summed E-state index contributed by atoms with van der Waals surface area (Å²) in [6.07, 6.45) is 6.80. The van der Waals surface area contributed by atoms with Crippen LogP contribution in [-0.2, 0) is 17.8 Å². The Kier molecular flexibility index (Phi) is 5.46. The Morgan fingerprint density at radius 1 is 1.40 bits per heavy atom. The van der Waals surface area contributed by atoms with E-state index >= 15 is 0 Å². The van der Waals surface area contributed by atoms with E-state index in [0.717, 1.165) is 23.5 Å². The molecule has 0 saturated carbocycles. The van der Waals surface area contributed by atoms with Crippen molar-refractivity contribution in [3.8, 4) is 0 Å². The van der Waals surface area contributed by atoms with Crippen molar-refractivity contribution < 1.29 is 9.59 Å². The first-order chi connectivity index (χ1) is 12.2. The molecule has 8 nitrogen and oxygen atoms in total. The molecular formula is C16H18N6O2S. The number of rotatable bonds is 6. The molecule has 1 aliphatic heterocycles. The molecule has 25 heavy (non-hydrogen) atoms. The van der Waals surface area contributed by atoms with Crippen LogP contribution < -0.4 is 10.6 Å². The SMILES string of the molecule is C=CCNC(=O)CN1CCc2nc(NC(=O)c3cnccn3)sc2C1. The summed E-state index contributed by atoms with van der Waals surface area (Å²) in [5.74, 6) is -0.358. The van der Waals surface area contributed by atoms with E-state index < -0.39 is 0 Å². The Balaban J connectivity index is 1.60. The molecule has 130 valence electrons. The highest BCUT2D eigenvalue weighted by atomic mass is 32.1. The van der Waals surface area contributed by atoms with Crippen LogP contribution in [0.2, 0.25) is 0 Å². The van der Waals surface area contributed by atoms with Gasteiger partial charge in [0.25, 0.3) is 5.91 Å². The predicted molar refractivity (Wildman–Crippen MR) is 94.3 cm³/mol. The molecule has 0 fully saturated rings. The molecule has 3 rings (SSSR count). The van der Waals surface area contributed by atoms with E-state index in [1.807, 2.05) is 0 Å². The maximum Gasteiger partial charge on any atom is 0.277 e. The normalized spacial score (nSPS) is 13.8. The van der Waals surface area contributed by atoms with E-state index in [1.54, 1.807) is 6.08 Å². The van der Waals surface area contributed by atoms with Crippen LogP contribution in [0, 0.1) is 0 Å². The van der Waals surface area contributed by atoms with Crippen molar-refractivity contribution in [1.29, 1.82) is 0 Å². The summed E-state index contributed by atoms with van der Waals surface area (Å²) in [6.45, 7) is 5.80. The Morgan fingerprint density at radius 3 is 3.04 bits per heavy atom. The van der Waals surface area contributed by atoms with Crippen LogP contribution in [0.3, 0.4) is 0 Å². The minimum atomic E-state index is -0.333. The lowest BCUT2D eigenvalue weighted by Crippen LogP contribution is -2.39. The van der Waals surface area contributed by atoms with Crippen LogP contribution in [0.4, 0.5) is 5.13 Å². The van der Waals surface area contributed by atoms with Gasteiger partial charge in [-0.1, -0.05) is 6.08 Å². The molecule has 0 unspecified atom stereocenters. The summed E-state index contributed by atoms with van der Waals surface area (Å²) < 4.78 is 0. The molecule has 0 aliphatic carbocycles. The number of carbonyl (C=O) groups is 2. The van der Waals surface area contributed by atoms with Crippen molar-refractivity contribution in [2.75, 3.05) is 25.0 Å². The van der Waals surface area contributed by atoms with Gasteiger partial charge in [-0.15, -0.1) is 17.9 Å². The van der Waals surface area contributed by atoms with Gasteiger partial charge in [0.15, 0.2) is 5.13 Å². The Morgan fingerprint density at radius 2 is 2.28 bits per heavy atom. The van der Waals surface area contributed by atoms with Gasteiger partial charge in [-0.25, -0.2) is 9.97 Å². The molecule has 0 atom stereocenters. The van der Waals surface area contributed by atoms with Crippen LogP contribution in [0.15, 0.2) is 31.2 Å². The lowest BCUT2D eigenvalue weighted by molar-refractivity contribution is -0.122. The van der Waals surface area contributed by atoms with Gasteiger partial charge < -0.3 is 5.32 Å². The molecule has 9 heteroatoms. The molecule has 1 aliphatic rings. The van der Waals surface area contributed by atoms with Crippen molar-refractivity contribution in [2.45, 2.75) is 13.0 Å². The maximum absolute atomic E-state index is 12.1. The number of nitrogens with one attached hydrogen (secondary N) is 2. The lowest BCUT2D eigenvalue weighted by atomic mass is 10.2. The van der Waals surface area contributed by atoms with Gasteiger partial charge in [-0.3, -0.25) is 24.8 Å². The monoisotopic (exact) mass is 358 g/mol. The first kappa shape index (κ1) is 17.2. The average molecular weight is 358 g/mol. The highest BCUT2D eigenvalue weighted by Crippen LogP contribution is 2.28. The van der Waals surface area contributed by atoms with Gasteiger partial charge in [0.05, 0.1) is 18.4 Å². The van der Waals surface area contributed by atoms with E-state index in [-0.39, 0.29) is 17.5 Å². The predicted octanol–water partition coefficient (Wildman–Crippen LogP) is 0.846. The highest BCUT2D eigenvalue weighted by molar-refractivity contribution is 7.15. The van der Waals surface area contributed by atoms with E-state index in [9.17, 15) is 9.59 Å². The molecule has 2 N–H and O–H groups in total. The minimum absolute atomic E-state index is 0.0240. The van der Waals surface area contributed by atoms with Crippen molar-refractivity contribution in [1.82, 2.24) is 25.2 Å². The highest BCUT2D eigenvalue weighted by Gasteiger charge is 2.23. The summed E-state index contributed by atoms with van der Waals surface area (Å²) in [5.41, 5.74) is 1.22. The van der Waals surface area contributed by atoms with Crippen molar-refractivity contribution in [3.63, 3.8) is 0 Å². The topological polar surface area (TPSA) is 100 Å². The zero-order chi connectivity index (χ0) is 17.6. The van der Waals surface area contributed by atoms with E-state index in [2.05, 4.69) is 37.1 Å². The Bertz CT molecular complexity index is 776. The molecule has 2 aromatic rings. The van der Waals surface area contributed by atoms with E-state index in [1.165, 1.54) is 29.9 Å². The van der Waals surface area contributed by atoms with Crippen LogP contribution >= 0.6 is 11.3 Å². The van der Waals surface area contributed by atoms with Crippen LogP contribution in [-0.4, -0.2) is 51.3 Å². The third-order valence-corrected chi connectivity index (χ3v) is 4.64. The lowest BCUT2D eigenvalue weighted by Gasteiger charge is -2.24. The zero-order valence-corrected chi connectivity index (χ0v) is 14.4. The smallest absolute Gasteiger partial charge is 0.277 e. The fourth-order valence-electron chi connectivity index (χ4n) is 2.46. The minimum Gasteiger partial charge on any atom is -0.352 e. The van der Waals surface area contributed by atoms with Gasteiger partial charge in [0, 0.05) is 43.3 Å². The van der Waals surface area contributed by atoms with E-state index in [4.69, 9.17) is 0 Å². The maximum atomic E-state index is 12.1. The summed E-state index contributed by atoms with van der Waals surface area (Å²) in [6, 6.07) is 0. The second-order valence-corrected chi connectivity index (χ2v) is 6.57. The van der Waals surface area contributed by atoms with Gasteiger partial charge in [0.2, 0.25) is 5.91 Å². The summed E-state index contributed by atoms with van der Waals surface area (Å²) in [7, 11) is 0. The molecule has 3 heterocycles. The fraction of sp³-hybridized carbons (Fsp3) is 0.312. The average Bonchev–Trinajstić information content (AvgIpc) is 3.02. The number of fused-ring (bicyclic) bond motifs is 1. The van der Waals surface area contributed by atoms with Crippen LogP contribution in [0.1, 0.15) is 21.1 Å². The number of hydrogen-bond donors (Lipinski definition) is 2. The molecule has 0 radical (unpaired) electrons. The van der Waals surface area contributed by atoms with Crippen LogP contribution in [0.5, 0.6) is 0 Å². The number of thiazole rings is 1. The van der Waals surface area contributed by atoms with E-state index in [0.29, 0.717) is 24.8 Å². The fourth-order valence-corrected chi connectivity index (χ4v) is 3.50. The Hall–Kier alpha value is -2.65. The second kappa shape index (κ2) is 7.95. The first-order valence-electron chi connectivity index (χ1n) is 7.81. The molecular weight excluding hydrogens is 340 g/mol. The molecule has 0 bridgehead atoms. The second-order valence-electron chi connectivity index (χ2n) is 5.49. The molecule has 2 aromatic heterocycles. The number of amides is 2. The van der Waals surface area contributed by atoms with Gasteiger partial charge in [0.1, 0.15) is 5.69 Å². The summed E-state index contributed by atoms with van der Waals surface area (Å²) in [4.78, 5) is 39.4. The van der Waals surface area contributed by atoms with Crippen molar-refractivity contribution in [3.05, 3.63) is 47.5 Å². The van der Waals surface area contributed by atoms with Crippen molar-refractivity contribution >= 4 is 28.3 Å². The first-order valence-corrected chi connectivity index (χ1v) is 8.63. The standard InChI is InChI=1S/C16H18N6O2S/c1-2-4-19-14(23)10-22-7-3-11-13(9-22)25-16(20-11)21-15(24)12-8-17-5-6-18-12/h2,5-6,8H,1,3-4,7,9-10H2,(H,19,23)(H,20,21,24). The number of nitrogens with zero attached hydrogens (tertiary/aromatic N) is 4. The van der Waals surface area contributed by atoms with Gasteiger partial charge in [-0.05, 0) is 0 Å². The number of aromatic nitrogens is 3. The summed E-state index contributed by atoms with van der Waals surface area (Å²) >= 11 is 1.43. The largest absolute Gasteiger partial charge is 0.352 e. The third kappa shape index (κ3) is 4.46. The van der Waals surface area contributed by atoms with Crippen LogP contribution in [0.25, 0.3) is 0 Å². The molecule has 0 aromatic carbocycles. The molecule has 2 amide bonds. The molecule has 0 saturated heterocycles. The summed E-state index contributed by atoms with van der Waals surface area (Å²) in [5, 5.41) is 6.07. The number of carbonyl (C=O) groups excluding carboxylic acids is 2. The van der Waals surface area contributed by atoms with Gasteiger partial charge >= 0.3 is 0 Å². The number of hydrogen-bond acceptors (Lipinski definition) is 7. The molecule has 0 spiro atoms. The Labute approximate surface area is 149 Å². The van der Waals surface area contributed by atoms with Gasteiger partial charge in [-0.2, -0.15) is 0 Å². The zero-order valence-electron chi connectivity index (χ0n) is 13.6. The number of anilines is 1. The van der Waals surface area contributed by atoms with Crippen molar-refractivity contribution in [2.24, 2.45) is 0 Å². The third-order valence-electron chi connectivity index (χ3n) is 3.64.